The van der Waals surface area contributed by atoms with E-state index >= 15 is 0 Å². The summed E-state index contributed by atoms with van der Waals surface area (Å²) in [6.45, 7) is 8.53. The Kier molecular flexibility index (Phi) is 6.24. The van der Waals surface area contributed by atoms with E-state index in [1.807, 2.05) is 0 Å². The Labute approximate surface area is 132 Å². The highest BCUT2D eigenvalue weighted by Gasteiger charge is 2.24. The molecule has 1 aliphatic rings. The molecule has 2 rings (SSSR count). The fraction of sp³-hybridized carbons (Fsp3) is 0.750. The maximum atomic E-state index is 6.17. The zero-order valence-corrected chi connectivity index (χ0v) is 13.9. The second-order valence-electron chi connectivity index (χ2n) is 6.14. The van der Waals surface area contributed by atoms with Gasteiger partial charge >= 0.3 is 0 Å². The fourth-order valence-electron chi connectivity index (χ4n) is 2.26. The van der Waals surface area contributed by atoms with Gasteiger partial charge in [0.2, 0.25) is 5.88 Å². The van der Waals surface area contributed by atoms with E-state index in [0.717, 1.165) is 38.8 Å². The summed E-state index contributed by atoms with van der Waals surface area (Å²) in [5.41, 5.74) is 6.65. The highest BCUT2D eigenvalue weighted by atomic mass is 16.5. The number of ether oxygens (including phenoxy) is 2. The Morgan fingerprint density at radius 3 is 2.86 bits per heavy atom. The third-order valence-corrected chi connectivity index (χ3v) is 3.52. The van der Waals surface area contributed by atoms with Crippen LogP contribution < -0.4 is 15.8 Å². The van der Waals surface area contributed by atoms with Crippen molar-refractivity contribution in [2.24, 2.45) is 5.92 Å². The second-order valence-corrected chi connectivity index (χ2v) is 6.14. The van der Waals surface area contributed by atoms with Crippen molar-refractivity contribution in [2.75, 3.05) is 30.8 Å². The van der Waals surface area contributed by atoms with E-state index in [-0.39, 0.29) is 6.10 Å². The molecular weight excluding hydrogens is 280 g/mol. The molecule has 0 radical (unpaired) electrons. The molecule has 6 heteroatoms. The molecule has 6 nitrogen and oxygen atoms in total. The molecule has 0 amide bonds. The lowest BCUT2D eigenvalue weighted by atomic mass is 10.2. The van der Waals surface area contributed by atoms with Gasteiger partial charge in [-0.05, 0) is 25.2 Å². The van der Waals surface area contributed by atoms with E-state index in [1.54, 1.807) is 0 Å². The van der Waals surface area contributed by atoms with E-state index in [4.69, 9.17) is 15.2 Å². The average molecular weight is 308 g/mol. The van der Waals surface area contributed by atoms with Gasteiger partial charge in [0.1, 0.15) is 11.8 Å². The van der Waals surface area contributed by atoms with Crippen LogP contribution in [0.25, 0.3) is 0 Å². The zero-order valence-electron chi connectivity index (χ0n) is 13.9. The maximum absolute atomic E-state index is 6.17. The SMILES string of the molecule is CCCCNc1nc(C2CCCO2)nc(OCC(C)C)c1N. The van der Waals surface area contributed by atoms with Crippen LogP contribution in [-0.4, -0.2) is 29.7 Å². The summed E-state index contributed by atoms with van der Waals surface area (Å²) in [6, 6.07) is 0. The molecule has 0 saturated carbocycles. The summed E-state index contributed by atoms with van der Waals surface area (Å²) < 4.78 is 11.5. The predicted octanol–water partition coefficient (Wildman–Crippen LogP) is 3.16. The Bertz CT molecular complexity index is 473. The smallest absolute Gasteiger partial charge is 0.242 e. The van der Waals surface area contributed by atoms with Crippen molar-refractivity contribution in [2.45, 2.75) is 52.6 Å². The van der Waals surface area contributed by atoms with Crippen molar-refractivity contribution >= 4 is 11.5 Å². The molecule has 0 aliphatic carbocycles. The topological polar surface area (TPSA) is 82.3 Å². The molecule has 1 aliphatic heterocycles. The van der Waals surface area contributed by atoms with E-state index in [0.29, 0.717) is 35.7 Å². The van der Waals surface area contributed by atoms with Gasteiger partial charge in [-0.1, -0.05) is 27.2 Å². The van der Waals surface area contributed by atoms with Crippen LogP contribution in [0.15, 0.2) is 0 Å². The zero-order chi connectivity index (χ0) is 15.9. The first kappa shape index (κ1) is 16.8. The monoisotopic (exact) mass is 308 g/mol. The molecule has 3 N–H and O–H groups in total. The number of hydrogen-bond donors (Lipinski definition) is 2. The van der Waals surface area contributed by atoms with Gasteiger partial charge in [-0.2, -0.15) is 4.98 Å². The first-order valence-corrected chi connectivity index (χ1v) is 8.27. The van der Waals surface area contributed by atoms with Gasteiger partial charge in [0.25, 0.3) is 0 Å². The van der Waals surface area contributed by atoms with Crippen LogP contribution in [0.1, 0.15) is 58.4 Å². The summed E-state index contributed by atoms with van der Waals surface area (Å²) in [7, 11) is 0. The summed E-state index contributed by atoms with van der Waals surface area (Å²) in [6.07, 6.45) is 4.13. The van der Waals surface area contributed by atoms with Crippen molar-refractivity contribution in [3.05, 3.63) is 5.82 Å². The van der Waals surface area contributed by atoms with Gasteiger partial charge in [0, 0.05) is 13.2 Å². The van der Waals surface area contributed by atoms with Crippen molar-refractivity contribution in [1.29, 1.82) is 0 Å². The standard InChI is InChI=1S/C16H28N4O2/c1-4-5-8-18-15-13(17)16(22-10-11(2)3)20-14(19-15)12-7-6-9-21-12/h11-12H,4-10,17H2,1-3H3,(H,18,19,20). The molecule has 1 fully saturated rings. The van der Waals surface area contributed by atoms with Crippen molar-refractivity contribution < 1.29 is 9.47 Å². The molecule has 1 unspecified atom stereocenters. The molecule has 0 aromatic carbocycles. The molecular formula is C16H28N4O2. The average Bonchev–Trinajstić information content (AvgIpc) is 3.02. The first-order valence-electron chi connectivity index (χ1n) is 8.27. The minimum atomic E-state index is -0.0475. The second kappa shape index (κ2) is 8.17. The van der Waals surface area contributed by atoms with Crippen LogP contribution >= 0.6 is 0 Å². The number of nitrogen functional groups attached to an aromatic ring is 1. The minimum absolute atomic E-state index is 0.0475. The van der Waals surface area contributed by atoms with Gasteiger partial charge in [-0.3, -0.25) is 0 Å². The van der Waals surface area contributed by atoms with Gasteiger partial charge in [0.05, 0.1) is 6.61 Å². The number of rotatable bonds is 8. The normalized spacial score (nSPS) is 17.9. The number of aromatic nitrogens is 2. The largest absolute Gasteiger partial charge is 0.476 e. The van der Waals surface area contributed by atoms with E-state index in [9.17, 15) is 0 Å². The molecule has 1 atom stereocenters. The predicted molar refractivity (Wildman–Crippen MR) is 88.1 cm³/mol. The van der Waals surface area contributed by atoms with Gasteiger partial charge in [-0.15, -0.1) is 0 Å². The Hall–Kier alpha value is -1.56. The highest BCUT2D eigenvalue weighted by Crippen LogP contribution is 2.32. The molecule has 0 spiro atoms. The third kappa shape index (κ3) is 4.47. The van der Waals surface area contributed by atoms with Crippen molar-refractivity contribution in [3.8, 4) is 5.88 Å². The third-order valence-electron chi connectivity index (χ3n) is 3.52. The number of hydrogen-bond acceptors (Lipinski definition) is 6. The van der Waals surface area contributed by atoms with Crippen LogP contribution in [-0.2, 0) is 4.74 Å². The Balaban J connectivity index is 2.21. The number of nitrogens with two attached hydrogens (primary N) is 1. The van der Waals surface area contributed by atoms with Crippen LogP contribution in [0.4, 0.5) is 11.5 Å². The van der Waals surface area contributed by atoms with Crippen LogP contribution in [0.2, 0.25) is 0 Å². The van der Waals surface area contributed by atoms with Crippen molar-refractivity contribution in [1.82, 2.24) is 9.97 Å². The van der Waals surface area contributed by atoms with Gasteiger partial charge in [0.15, 0.2) is 11.6 Å². The quantitative estimate of drug-likeness (QED) is 0.718. The van der Waals surface area contributed by atoms with Crippen LogP contribution in [0.3, 0.4) is 0 Å². The van der Waals surface area contributed by atoms with Gasteiger partial charge in [-0.25, -0.2) is 4.98 Å². The fourth-order valence-corrected chi connectivity index (χ4v) is 2.26. The molecule has 1 aromatic rings. The maximum Gasteiger partial charge on any atom is 0.242 e. The summed E-state index contributed by atoms with van der Waals surface area (Å²) in [5.74, 6) is 2.21. The molecule has 124 valence electrons. The van der Waals surface area contributed by atoms with E-state index in [2.05, 4.69) is 36.1 Å². The van der Waals surface area contributed by atoms with Crippen LogP contribution in [0, 0.1) is 5.92 Å². The molecule has 22 heavy (non-hydrogen) atoms. The minimum Gasteiger partial charge on any atom is -0.476 e. The molecule has 0 bridgehead atoms. The lowest BCUT2D eigenvalue weighted by Gasteiger charge is -2.17. The molecule has 1 aromatic heterocycles. The first-order chi connectivity index (χ1) is 10.6. The lowest BCUT2D eigenvalue weighted by molar-refractivity contribution is 0.104. The number of anilines is 2. The number of unbranched alkanes of at least 4 members (excludes halogenated alkanes) is 1. The van der Waals surface area contributed by atoms with Gasteiger partial charge < -0.3 is 20.5 Å². The molecule has 2 heterocycles. The van der Waals surface area contributed by atoms with Crippen molar-refractivity contribution in [3.63, 3.8) is 0 Å². The highest BCUT2D eigenvalue weighted by molar-refractivity contribution is 5.67. The van der Waals surface area contributed by atoms with E-state index in [1.165, 1.54) is 0 Å². The summed E-state index contributed by atoms with van der Waals surface area (Å²) >= 11 is 0. The number of nitrogens with zero attached hydrogens (tertiary/aromatic N) is 2. The Morgan fingerprint density at radius 1 is 1.41 bits per heavy atom. The summed E-state index contributed by atoms with van der Waals surface area (Å²) in [4.78, 5) is 9.05. The number of nitrogens with one attached hydrogen (secondary N) is 1. The molecule has 1 saturated heterocycles. The lowest BCUT2D eigenvalue weighted by Crippen LogP contribution is -2.15. The summed E-state index contributed by atoms with van der Waals surface area (Å²) in [5, 5.41) is 3.29. The van der Waals surface area contributed by atoms with E-state index < -0.39 is 0 Å². The Morgan fingerprint density at radius 2 is 2.23 bits per heavy atom. The van der Waals surface area contributed by atoms with Crippen LogP contribution in [0.5, 0.6) is 5.88 Å².